The molecule has 2 aromatic carbocycles. The molecule has 1 aromatic heterocycles. The maximum absolute atomic E-state index is 11.0. The number of nitrogens with zero attached hydrogens (tertiary/aromatic N) is 1. The van der Waals surface area contributed by atoms with Crippen LogP contribution < -0.4 is 5.32 Å². The third-order valence-corrected chi connectivity index (χ3v) is 4.20. The highest BCUT2D eigenvalue weighted by Crippen LogP contribution is 2.25. The van der Waals surface area contributed by atoms with Crippen LogP contribution in [0.25, 0.3) is 10.8 Å². The van der Waals surface area contributed by atoms with Crippen LogP contribution >= 0.6 is 0 Å². The molecule has 0 aliphatic rings. The van der Waals surface area contributed by atoms with Gasteiger partial charge in [-0.25, -0.2) is 4.98 Å². The first-order chi connectivity index (χ1) is 10.4. The minimum absolute atomic E-state index is 0.139. The summed E-state index contributed by atoms with van der Waals surface area (Å²) in [6, 6.07) is 13.9. The zero-order chi connectivity index (χ0) is 15.7. The molecule has 0 amide bonds. The van der Waals surface area contributed by atoms with Crippen LogP contribution in [0.5, 0.6) is 0 Å². The average Bonchev–Trinajstić information content (AvgIpc) is 2.47. The standard InChI is InChI=1S/C16H14N2O3S/c1-11-2-3-12-8-9-17-16(15(12)10-11)18-13-4-6-14(7-5-13)22(19,20)21/h2-10H,1H3,(H,17,18)(H,19,20,21). The number of pyridine rings is 1. The lowest BCUT2D eigenvalue weighted by Crippen LogP contribution is -1.99. The second-order valence-electron chi connectivity index (χ2n) is 5.01. The molecule has 0 unspecified atom stereocenters. The Balaban J connectivity index is 1.98. The van der Waals surface area contributed by atoms with Crippen LogP contribution in [0.2, 0.25) is 0 Å². The van der Waals surface area contributed by atoms with E-state index in [-0.39, 0.29) is 4.90 Å². The van der Waals surface area contributed by atoms with E-state index in [9.17, 15) is 8.42 Å². The highest BCUT2D eigenvalue weighted by atomic mass is 32.2. The van der Waals surface area contributed by atoms with Crippen LogP contribution in [0.4, 0.5) is 11.5 Å². The summed E-state index contributed by atoms with van der Waals surface area (Å²) in [5, 5.41) is 5.22. The topological polar surface area (TPSA) is 79.3 Å². The Kier molecular flexibility index (Phi) is 3.56. The minimum atomic E-state index is -4.18. The summed E-state index contributed by atoms with van der Waals surface area (Å²) in [4.78, 5) is 4.20. The maximum Gasteiger partial charge on any atom is 0.294 e. The summed E-state index contributed by atoms with van der Waals surface area (Å²) in [5.74, 6) is 0.695. The zero-order valence-corrected chi connectivity index (χ0v) is 12.6. The molecule has 0 bridgehead atoms. The van der Waals surface area contributed by atoms with Crippen LogP contribution in [-0.2, 0) is 10.1 Å². The fourth-order valence-electron chi connectivity index (χ4n) is 2.23. The SMILES string of the molecule is Cc1ccc2ccnc(Nc3ccc(S(=O)(=O)O)cc3)c2c1. The molecule has 0 fully saturated rings. The van der Waals surface area contributed by atoms with Gasteiger partial charge >= 0.3 is 0 Å². The second-order valence-corrected chi connectivity index (χ2v) is 6.43. The first kappa shape index (κ1) is 14.5. The summed E-state index contributed by atoms with van der Waals surface area (Å²) in [6.45, 7) is 2.01. The lowest BCUT2D eigenvalue weighted by molar-refractivity contribution is 0.483. The van der Waals surface area contributed by atoms with Crippen molar-refractivity contribution in [2.24, 2.45) is 0 Å². The summed E-state index contributed by atoms with van der Waals surface area (Å²) in [5.41, 5.74) is 1.82. The maximum atomic E-state index is 11.0. The molecule has 0 radical (unpaired) electrons. The van der Waals surface area contributed by atoms with Gasteiger partial charge in [0.15, 0.2) is 0 Å². The number of hydrogen-bond donors (Lipinski definition) is 2. The molecular weight excluding hydrogens is 300 g/mol. The Morgan fingerprint density at radius 3 is 2.45 bits per heavy atom. The Morgan fingerprint density at radius 1 is 1.05 bits per heavy atom. The van der Waals surface area contributed by atoms with Gasteiger partial charge in [0.05, 0.1) is 4.90 Å². The fourth-order valence-corrected chi connectivity index (χ4v) is 2.71. The number of rotatable bonds is 3. The van der Waals surface area contributed by atoms with E-state index in [1.165, 1.54) is 12.1 Å². The van der Waals surface area contributed by atoms with Crippen molar-refractivity contribution in [3.05, 3.63) is 60.3 Å². The molecule has 112 valence electrons. The van der Waals surface area contributed by atoms with E-state index in [0.29, 0.717) is 11.5 Å². The summed E-state index contributed by atoms with van der Waals surface area (Å²) >= 11 is 0. The van der Waals surface area contributed by atoms with E-state index in [1.54, 1.807) is 18.3 Å². The van der Waals surface area contributed by atoms with Gasteiger partial charge in [-0.15, -0.1) is 0 Å². The van der Waals surface area contributed by atoms with Gasteiger partial charge in [0.1, 0.15) is 5.82 Å². The van der Waals surface area contributed by atoms with E-state index < -0.39 is 10.1 Å². The summed E-state index contributed by atoms with van der Waals surface area (Å²) in [6.07, 6.45) is 1.71. The molecule has 0 aliphatic carbocycles. The number of nitrogens with one attached hydrogen (secondary N) is 1. The van der Waals surface area contributed by atoms with Crippen molar-refractivity contribution in [1.82, 2.24) is 4.98 Å². The predicted octanol–water partition coefficient (Wildman–Crippen LogP) is 3.53. The number of aromatic nitrogens is 1. The highest BCUT2D eigenvalue weighted by molar-refractivity contribution is 7.85. The third-order valence-electron chi connectivity index (χ3n) is 3.34. The molecule has 6 heteroatoms. The molecule has 5 nitrogen and oxygen atoms in total. The van der Waals surface area contributed by atoms with Gasteiger partial charge in [-0.05, 0) is 48.7 Å². The lowest BCUT2D eigenvalue weighted by Gasteiger charge is -2.09. The molecule has 0 saturated heterocycles. The Hall–Kier alpha value is -2.44. The van der Waals surface area contributed by atoms with Crippen LogP contribution in [0.1, 0.15) is 5.56 Å². The van der Waals surface area contributed by atoms with E-state index in [0.717, 1.165) is 16.3 Å². The molecule has 0 aliphatic heterocycles. The number of fused-ring (bicyclic) bond motifs is 1. The van der Waals surface area contributed by atoms with Crippen molar-refractivity contribution < 1.29 is 13.0 Å². The van der Waals surface area contributed by atoms with Gasteiger partial charge in [0.25, 0.3) is 10.1 Å². The molecule has 3 aromatic rings. The largest absolute Gasteiger partial charge is 0.340 e. The first-order valence-electron chi connectivity index (χ1n) is 6.63. The fraction of sp³-hybridized carbons (Fsp3) is 0.0625. The number of hydrogen-bond acceptors (Lipinski definition) is 4. The highest BCUT2D eigenvalue weighted by Gasteiger charge is 2.09. The second kappa shape index (κ2) is 5.40. The molecule has 3 rings (SSSR count). The Labute approximate surface area is 128 Å². The Bertz CT molecular complexity index is 935. The third kappa shape index (κ3) is 2.93. The van der Waals surface area contributed by atoms with Gasteiger partial charge in [-0.3, -0.25) is 4.55 Å². The molecule has 0 spiro atoms. The quantitative estimate of drug-likeness (QED) is 0.723. The van der Waals surface area contributed by atoms with Crippen molar-refractivity contribution in [3.8, 4) is 0 Å². The monoisotopic (exact) mass is 314 g/mol. The number of anilines is 2. The summed E-state index contributed by atoms with van der Waals surface area (Å²) < 4.78 is 31.1. The van der Waals surface area contributed by atoms with Gasteiger partial charge in [-0.1, -0.05) is 17.7 Å². The van der Waals surface area contributed by atoms with Crippen molar-refractivity contribution in [2.45, 2.75) is 11.8 Å². The number of aryl methyl sites for hydroxylation is 1. The molecule has 0 saturated carbocycles. The van der Waals surface area contributed by atoms with Crippen LogP contribution in [0.3, 0.4) is 0 Å². The van der Waals surface area contributed by atoms with Gasteiger partial charge in [0, 0.05) is 17.3 Å². The molecule has 0 atom stereocenters. The van der Waals surface area contributed by atoms with Crippen molar-refractivity contribution in [3.63, 3.8) is 0 Å². The normalized spacial score (nSPS) is 11.5. The van der Waals surface area contributed by atoms with Crippen molar-refractivity contribution in [1.29, 1.82) is 0 Å². The Morgan fingerprint density at radius 2 is 1.77 bits per heavy atom. The van der Waals surface area contributed by atoms with Crippen LogP contribution in [0.15, 0.2) is 59.6 Å². The van der Waals surface area contributed by atoms with Gasteiger partial charge in [0.2, 0.25) is 0 Å². The van der Waals surface area contributed by atoms with E-state index in [2.05, 4.69) is 10.3 Å². The predicted molar refractivity (Wildman–Crippen MR) is 86.0 cm³/mol. The van der Waals surface area contributed by atoms with E-state index in [4.69, 9.17) is 4.55 Å². The smallest absolute Gasteiger partial charge is 0.294 e. The molecular formula is C16H14N2O3S. The zero-order valence-electron chi connectivity index (χ0n) is 11.8. The van der Waals surface area contributed by atoms with Crippen LogP contribution in [0, 0.1) is 6.92 Å². The van der Waals surface area contributed by atoms with E-state index in [1.807, 2.05) is 31.2 Å². The molecule has 22 heavy (non-hydrogen) atoms. The van der Waals surface area contributed by atoms with Gasteiger partial charge < -0.3 is 5.32 Å². The van der Waals surface area contributed by atoms with Crippen molar-refractivity contribution in [2.75, 3.05) is 5.32 Å². The average molecular weight is 314 g/mol. The van der Waals surface area contributed by atoms with E-state index >= 15 is 0 Å². The van der Waals surface area contributed by atoms with Crippen LogP contribution in [-0.4, -0.2) is 18.0 Å². The number of benzene rings is 2. The first-order valence-corrected chi connectivity index (χ1v) is 8.07. The molecule has 2 N–H and O–H groups in total. The summed E-state index contributed by atoms with van der Waals surface area (Å²) in [7, 11) is -4.18. The molecule has 1 heterocycles. The van der Waals surface area contributed by atoms with Gasteiger partial charge in [-0.2, -0.15) is 8.42 Å². The van der Waals surface area contributed by atoms with Crippen molar-refractivity contribution >= 4 is 32.4 Å². The lowest BCUT2D eigenvalue weighted by atomic mass is 10.1. The minimum Gasteiger partial charge on any atom is -0.340 e.